The second-order valence-corrected chi connectivity index (χ2v) is 8.81. The molecule has 0 aromatic carbocycles. The molecule has 190 valence electrons. The van der Waals surface area contributed by atoms with E-state index in [0.717, 1.165) is 6.42 Å². The summed E-state index contributed by atoms with van der Waals surface area (Å²) < 4.78 is 0. The lowest BCUT2D eigenvalue weighted by atomic mass is 9.99. The van der Waals surface area contributed by atoms with Crippen LogP contribution in [-0.2, 0) is 24.0 Å². The second kappa shape index (κ2) is 15.2. The Labute approximate surface area is 194 Å². The zero-order valence-corrected chi connectivity index (χ0v) is 19.8. The van der Waals surface area contributed by atoms with Gasteiger partial charge in [-0.25, -0.2) is 4.79 Å². The molecule has 0 radical (unpaired) electrons. The summed E-state index contributed by atoms with van der Waals surface area (Å²) in [4.78, 5) is 60.2. The number of hydrogen-bond acceptors (Lipinski definition) is 7. The molecule has 0 saturated carbocycles. The van der Waals surface area contributed by atoms with Crippen LogP contribution in [0.5, 0.6) is 0 Å². The van der Waals surface area contributed by atoms with E-state index in [2.05, 4.69) is 16.0 Å². The molecule has 0 aliphatic rings. The molecule has 0 rings (SSSR count). The van der Waals surface area contributed by atoms with Gasteiger partial charge in [0.05, 0.1) is 12.5 Å². The van der Waals surface area contributed by atoms with Gasteiger partial charge in [-0.1, -0.05) is 34.1 Å². The third-order valence-corrected chi connectivity index (χ3v) is 4.89. The molecular formula is C21H39N5O7. The number of unbranched alkanes of at least 4 members (excludes halogenated alkanes) is 1. The molecule has 4 atom stereocenters. The summed E-state index contributed by atoms with van der Waals surface area (Å²) in [5.74, 6) is -5.26. The summed E-state index contributed by atoms with van der Waals surface area (Å²) in [5, 5.41) is 25.3. The minimum atomic E-state index is -1.65. The maximum Gasteiger partial charge on any atom is 0.326 e. The van der Waals surface area contributed by atoms with Crippen molar-refractivity contribution in [3.63, 3.8) is 0 Å². The van der Waals surface area contributed by atoms with Gasteiger partial charge >= 0.3 is 11.9 Å². The molecule has 3 amide bonds. The van der Waals surface area contributed by atoms with Crippen LogP contribution in [0.15, 0.2) is 0 Å². The minimum Gasteiger partial charge on any atom is -0.481 e. The van der Waals surface area contributed by atoms with Gasteiger partial charge in [-0.3, -0.25) is 19.2 Å². The summed E-state index contributed by atoms with van der Waals surface area (Å²) in [6.07, 6.45) is 1.28. The van der Waals surface area contributed by atoms with Crippen molar-refractivity contribution in [2.75, 3.05) is 6.54 Å². The van der Waals surface area contributed by atoms with Crippen LogP contribution < -0.4 is 27.4 Å². The Morgan fingerprint density at radius 3 is 1.85 bits per heavy atom. The van der Waals surface area contributed by atoms with Crippen molar-refractivity contribution < 1.29 is 34.2 Å². The number of nitrogens with two attached hydrogens (primary N) is 2. The standard InChI is InChI=1S/C21H39N5O7/c1-11(2)9-14(24-18(29)13(23)7-5-6-8-22)19(30)26-17(12(3)4)20(31)25-15(21(32)33)10-16(27)28/h11-15,17H,5-10,22-23H2,1-4H3,(H,24,29)(H,25,31)(H,26,30)(H,27,28)(H,32,33). The average molecular weight is 474 g/mol. The first-order chi connectivity index (χ1) is 15.3. The summed E-state index contributed by atoms with van der Waals surface area (Å²) in [5.41, 5.74) is 11.3. The fraction of sp³-hybridized carbons (Fsp3) is 0.762. The number of nitrogens with one attached hydrogen (secondary N) is 3. The highest BCUT2D eigenvalue weighted by Crippen LogP contribution is 2.09. The number of amides is 3. The predicted molar refractivity (Wildman–Crippen MR) is 121 cm³/mol. The van der Waals surface area contributed by atoms with Gasteiger partial charge in [0, 0.05) is 0 Å². The van der Waals surface area contributed by atoms with Crippen molar-refractivity contribution in [3.05, 3.63) is 0 Å². The Bertz CT molecular complexity index is 684. The first-order valence-corrected chi connectivity index (χ1v) is 11.1. The fourth-order valence-corrected chi connectivity index (χ4v) is 3.05. The highest BCUT2D eigenvalue weighted by Gasteiger charge is 2.32. The van der Waals surface area contributed by atoms with E-state index in [1.54, 1.807) is 13.8 Å². The van der Waals surface area contributed by atoms with E-state index >= 15 is 0 Å². The zero-order chi connectivity index (χ0) is 25.7. The molecule has 4 unspecified atom stereocenters. The molecule has 0 aromatic rings. The predicted octanol–water partition coefficient (Wildman–Crippen LogP) is -0.841. The summed E-state index contributed by atoms with van der Waals surface area (Å²) in [7, 11) is 0. The molecule has 0 aliphatic carbocycles. The van der Waals surface area contributed by atoms with Gasteiger partial charge in [0.25, 0.3) is 0 Å². The van der Waals surface area contributed by atoms with Crippen molar-refractivity contribution in [3.8, 4) is 0 Å². The number of hydrogen-bond donors (Lipinski definition) is 7. The minimum absolute atomic E-state index is 0.0350. The number of carbonyl (C=O) groups is 5. The molecule has 33 heavy (non-hydrogen) atoms. The van der Waals surface area contributed by atoms with Gasteiger partial charge in [0.1, 0.15) is 18.1 Å². The van der Waals surface area contributed by atoms with E-state index in [4.69, 9.17) is 21.7 Å². The fourth-order valence-electron chi connectivity index (χ4n) is 3.05. The van der Waals surface area contributed by atoms with Gasteiger partial charge in [0.2, 0.25) is 17.7 Å². The quantitative estimate of drug-likeness (QED) is 0.139. The van der Waals surface area contributed by atoms with Gasteiger partial charge < -0.3 is 37.6 Å². The number of carbonyl (C=O) groups excluding carboxylic acids is 3. The Morgan fingerprint density at radius 2 is 1.39 bits per heavy atom. The van der Waals surface area contributed by atoms with Crippen molar-refractivity contribution in [1.29, 1.82) is 0 Å². The van der Waals surface area contributed by atoms with Crippen LogP contribution >= 0.6 is 0 Å². The van der Waals surface area contributed by atoms with E-state index < -0.39 is 66.2 Å². The van der Waals surface area contributed by atoms with E-state index in [1.165, 1.54) is 0 Å². The Hall–Kier alpha value is -2.73. The molecular weight excluding hydrogens is 434 g/mol. The van der Waals surface area contributed by atoms with Crippen LogP contribution in [0.4, 0.5) is 0 Å². The first kappa shape index (κ1) is 30.3. The molecule has 0 heterocycles. The van der Waals surface area contributed by atoms with Crippen LogP contribution in [0.25, 0.3) is 0 Å². The van der Waals surface area contributed by atoms with Crippen LogP contribution in [-0.4, -0.2) is 70.6 Å². The molecule has 0 saturated heterocycles. The third-order valence-electron chi connectivity index (χ3n) is 4.89. The number of carboxylic acid groups (broad SMARTS) is 2. The molecule has 12 heteroatoms. The lowest BCUT2D eigenvalue weighted by Crippen LogP contribution is -2.58. The lowest BCUT2D eigenvalue weighted by Gasteiger charge is -2.27. The highest BCUT2D eigenvalue weighted by atomic mass is 16.4. The molecule has 0 fully saturated rings. The van der Waals surface area contributed by atoms with E-state index in [9.17, 15) is 24.0 Å². The number of aliphatic carboxylic acids is 2. The van der Waals surface area contributed by atoms with E-state index in [1.807, 2.05) is 13.8 Å². The maximum atomic E-state index is 12.9. The number of carboxylic acids is 2. The van der Waals surface area contributed by atoms with Crippen LogP contribution in [0.1, 0.15) is 59.8 Å². The van der Waals surface area contributed by atoms with Crippen LogP contribution in [0, 0.1) is 11.8 Å². The van der Waals surface area contributed by atoms with Crippen molar-refractivity contribution in [2.45, 2.75) is 84.0 Å². The molecule has 0 aliphatic heterocycles. The molecule has 0 spiro atoms. The summed E-state index contributed by atoms with van der Waals surface area (Å²) in [6.45, 7) is 7.50. The molecule has 0 bridgehead atoms. The van der Waals surface area contributed by atoms with Crippen molar-refractivity contribution in [2.24, 2.45) is 23.3 Å². The van der Waals surface area contributed by atoms with Gasteiger partial charge in [0.15, 0.2) is 0 Å². The normalized spacial score (nSPS) is 14.8. The third kappa shape index (κ3) is 12.2. The Balaban J connectivity index is 5.36. The smallest absolute Gasteiger partial charge is 0.326 e. The average Bonchev–Trinajstić information content (AvgIpc) is 2.69. The van der Waals surface area contributed by atoms with E-state index in [0.29, 0.717) is 19.4 Å². The number of rotatable bonds is 16. The van der Waals surface area contributed by atoms with Gasteiger partial charge in [-0.15, -0.1) is 0 Å². The van der Waals surface area contributed by atoms with Crippen molar-refractivity contribution in [1.82, 2.24) is 16.0 Å². The molecule has 12 nitrogen and oxygen atoms in total. The second-order valence-electron chi connectivity index (χ2n) is 8.81. The first-order valence-electron chi connectivity index (χ1n) is 11.1. The highest BCUT2D eigenvalue weighted by molar-refractivity contribution is 5.94. The zero-order valence-electron chi connectivity index (χ0n) is 19.8. The Morgan fingerprint density at radius 1 is 0.818 bits per heavy atom. The van der Waals surface area contributed by atoms with Crippen molar-refractivity contribution >= 4 is 29.7 Å². The maximum absolute atomic E-state index is 12.9. The largest absolute Gasteiger partial charge is 0.481 e. The summed E-state index contributed by atoms with van der Waals surface area (Å²) >= 11 is 0. The molecule has 0 aromatic heterocycles. The summed E-state index contributed by atoms with van der Waals surface area (Å²) in [6, 6.07) is -4.55. The Kier molecular flexibility index (Phi) is 13.9. The molecule has 9 N–H and O–H groups in total. The SMILES string of the molecule is CC(C)CC(NC(=O)C(N)CCCCN)C(=O)NC(C(=O)NC(CC(=O)O)C(=O)O)C(C)C. The van der Waals surface area contributed by atoms with Crippen LogP contribution in [0.3, 0.4) is 0 Å². The van der Waals surface area contributed by atoms with Crippen LogP contribution in [0.2, 0.25) is 0 Å². The van der Waals surface area contributed by atoms with Gasteiger partial charge in [-0.05, 0) is 37.6 Å². The monoisotopic (exact) mass is 473 g/mol. The lowest BCUT2D eigenvalue weighted by molar-refractivity contribution is -0.147. The topological polar surface area (TPSA) is 214 Å². The van der Waals surface area contributed by atoms with Gasteiger partial charge in [-0.2, -0.15) is 0 Å². The van der Waals surface area contributed by atoms with E-state index in [-0.39, 0.29) is 12.3 Å².